The van der Waals surface area contributed by atoms with Crippen LogP contribution in [0.15, 0.2) is 28.0 Å². The van der Waals surface area contributed by atoms with E-state index in [0.29, 0.717) is 11.8 Å². The highest BCUT2D eigenvalue weighted by Crippen LogP contribution is 2.36. The quantitative estimate of drug-likeness (QED) is 0.613. The van der Waals surface area contributed by atoms with E-state index in [0.717, 1.165) is 23.8 Å². The van der Waals surface area contributed by atoms with Crippen molar-refractivity contribution in [2.45, 2.75) is 55.5 Å². The third kappa shape index (κ3) is 3.44. The second-order valence-electron chi connectivity index (χ2n) is 5.73. The number of methoxy groups -OCH3 is 1. The van der Waals surface area contributed by atoms with Crippen LogP contribution < -0.4 is 0 Å². The molecule has 0 aliphatic heterocycles. The van der Waals surface area contributed by atoms with Gasteiger partial charge in [-0.2, -0.15) is 0 Å². The summed E-state index contributed by atoms with van der Waals surface area (Å²) in [6, 6.07) is 4.09. The molecule has 2 heterocycles. The van der Waals surface area contributed by atoms with Crippen LogP contribution in [0.3, 0.4) is 0 Å². The lowest BCUT2D eigenvalue weighted by Gasteiger charge is -2.25. The Morgan fingerprint density at radius 3 is 2.83 bits per heavy atom. The summed E-state index contributed by atoms with van der Waals surface area (Å²) in [6.07, 6.45) is 7.53. The molecule has 1 atom stereocenters. The SMILES string of the molecule is COC(=O)[C@@H](C)Sc1nnc(-c2ccco2)n1C1CCCCC1. The molecule has 2 aromatic rings. The summed E-state index contributed by atoms with van der Waals surface area (Å²) in [5.41, 5.74) is 0. The van der Waals surface area contributed by atoms with Crippen molar-refractivity contribution in [2.24, 2.45) is 0 Å². The van der Waals surface area contributed by atoms with Crippen LogP contribution >= 0.6 is 11.8 Å². The van der Waals surface area contributed by atoms with E-state index in [-0.39, 0.29) is 11.2 Å². The van der Waals surface area contributed by atoms with Gasteiger partial charge in [-0.25, -0.2) is 0 Å². The molecular formula is C16H21N3O3S. The Balaban J connectivity index is 1.93. The van der Waals surface area contributed by atoms with E-state index in [4.69, 9.17) is 9.15 Å². The molecule has 1 fully saturated rings. The van der Waals surface area contributed by atoms with E-state index in [2.05, 4.69) is 14.8 Å². The number of esters is 1. The molecule has 0 N–H and O–H groups in total. The number of carbonyl (C=O) groups excluding carboxylic acids is 1. The van der Waals surface area contributed by atoms with Crippen LogP contribution in [-0.2, 0) is 9.53 Å². The Kier molecular flexibility index (Phi) is 5.05. The van der Waals surface area contributed by atoms with Gasteiger partial charge < -0.3 is 9.15 Å². The average molecular weight is 335 g/mol. The zero-order chi connectivity index (χ0) is 16.2. The number of rotatable bonds is 5. The zero-order valence-corrected chi connectivity index (χ0v) is 14.2. The van der Waals surface area contributed by atoms with Gasteiger partial charge in [0.2, 0.25) is 5.82 Å². The van der Waals surface area contributed by atoms with Gasteiger partial charge in [-0.3, -0.25) is 9.36 Å². The van der Waals surface area contributed by atoms with Gasteiger partial charge in [0.1, 0.15) is 5.25 Å². The summed E-state index contributed by atoms with van der Waals surface area (Å²) < 4.78 is 12.5. The van der Waals surface area contributed by atoms with Gasteiger partial charge in [0.25, 0.3) is 0 Å². The number of aromatic nitrogens is 3. The molecule has 23 heavy (non-hydrogen) atoms. The fraction of sp³-hybridized carbons (Fsp3) is 0.562. The maximum absolute atomic E-state index is 11.7. The minimum Gasteiger partial charge on any atom is -0.468 e. The summed E-state index contributed by atoms with van der Waals surface area (Å²) in [5, 5.41) is 9.06. The molecule has 7 heteroatoms. The molecule has 0 saturated heterocycles. The lowest BCUT2D eigenvalue weighted by Crippen LogP contribution is -2.18. The van der Waals surface area contributed by atoms with E-state index < -0.39 is 0 Å². The maximum atomic E-state index is 11.7. The Morgan fingerprint density at radius 2 is 2.17 bits per heavy atom. The van der Waals surface area contributed by atoms with Crippen LogP contribution in [0.25, 0.3) is 11.6 Å². The van der Waals surface area contributed by atoms with E-state index in [9.17, 15) is 4.79 Å². The second kappa shape index (κ2) is 7.21. The number of carbonyl (C=O) groups is 1. The van der Waals surface area contributed by atoms with Crippen molar-refractivity contribution in [3.05, 3.63) is 18.4 Å². The summed E-state index contributed by atoms with van der Waals surface area (Å²) in [7, 11) is 1.40. The van der Waals surface area contributed by atoms with Gasteiger partial charge in [-0.15, -0.1) is 10.2 Å². The molecule has 1 saturated carbocycles. The van der Waals surface area contributed by atoms with Gasteiger partial charge >= 0.3 is 5.97 Å². The van der Waals surface area contributed by atoms with Crippen molar-refractivity contribution in [3.8, 4) is 11.6 Å². The van der Waals surface area contributed by atoms with Crippen molar-refractivity contribution in [1.29, 1.82) is 0 Å². The summed E-state index contributed by atoms with van der Waals surface area (Å²) in [4.78, 5) is 11.7. The van der Waals surface area contributed by atoms with E-state index in [1.54, 1.807) is 6.26 Å². The molecule has 0 amide bonds. The van der Waals surface area contributed by atoms with Gasteiger partial charge in [0.05, 0.1) is 13.4 Å². The molecule has 1 aliphatic rings. The molecule has 0 radical (unpaired) electrons. The molecule has 6 nitrogen and oxygen atoms in total. The summed E-state index contributed by atoms with van der Waals surface area (Å²) in [6.45, 7) is 1.82. The van der Waals surface area contributed by atoms with Gasteiger partial charge in [-0.05, 0) is 31.9 Å². The number of hydrogen-bond acceptors (Lipinski definition) is 6. The van der Waals surface area contributed by atoms with E-state index >= 15 is 0 Å². The predicted octanol–water partition coefficient (Wildman–Crippen LogP) is 3.70. The standard InChI is InChI=1S/C16H21N3O3S/c1-11(15(20)21-2)23-16-18-17-14(13-9-6-10-22-13)19(16)12-7-4-3-5-8-12/h6,9-12H,3-5,7-8H2,1-2H3/t11-/m1/s1. The highest BCUT2D eigenvalue weighted by Gasteiger charge is 2.27. The first-order chi connectivity index (χ1) is 11.2. The molecule has 1 aliphatic carbocycles. The third-order valence-electron chi connectivity index (χ3n) is 4.16. The highest BCUT2D eigenvalue weighted by atomic mass is 32.2. The maximum Gasteiger partial charge on any atom is 0.318 e. The van der Waals surface area contributed by atoms with Crippen LogP contribution in [0.1, 0.15) is 45.1 Å². The van der Waals surface area contributed by atoms with Gasteiger partial charge in [-0.1, -0.05) is 31.0 Å². The predicted molar refractivity (Wildman–Crippen MR) is 87.2 cm³/mol. The Morgan fingerprint density at radius 1 is 1.39 bits per heavy atom. The van der Waals surface area contributed by atoms with Crippen molar-refractivity contribution in [1.82, 2.24) is 14.8 Å². The fourth-order valence-electron chi connectivity index (χ4n) is 2.97. The molecule has 3 rings (SSSR count). The van der Waals surface area contributed by atoms with Crippen molar-refractivity contribution in [3.63, 3.8) is 0 Å². The number of thioether (sulfide) groups is 1. The molecule has 0 bridgehead atoms. The largest absolute Gasteiger partial charge is 0.468 e. The smallest absolute Gasteiger partial charge is 0.318 e. The van der Waals surface area contributed by atoms with E-state index in [1.807, 2.05) is 19.1 Å². The van der Waals surface area contributed by atoms with Crippen LogP contribution in [0.2, 0.25) is 0 Å². The second-order valence-corrected chi connectivity index (χ2v) is 7.04. The summed E-state index contributed by atoms with van der Waals surface area (Å²) in [5.74, 6) is 1.19. The minimum absolute atomic E-state index is 0.257. The van der Waals surface area contributed by atoms with Crippen molar-refractivity contribution >= 4 is 17.7 Å². The molecular weight excluding hydrogens is 314 g/mol. The molecule has 0 spiro atoms. The lowest BCUT2D eigenvalue weighted by atomic mass is 9.95. The number of hydrogen-bond donors (Lipinski definition) is 0. The zero-order valence-electron chi connectivity index (χ0n) is 13.4. The first-order valence-electron chi connectivity index (χ1n) is 7.94. The monoisotopic (exact) mass is 335 g/mol. The molecule has 0 unspecified atom stereocenters. The van der Waals surface area contributed by atoms with Gasteiger partial charge in [0, 0.05) is 6.04 Å². The number of ether oxygens (including phenoxy) is 1. The van der Waals surface area contributed by atoms with Crippen molar-refractivity contribution in [2.75, 3.05) is 7.11 Å². The normalized spacial score (nSPS) is 17.1. The lowest BCUT2D eigenvalue weighted by molar-refractivity contribution is -0.139. The van der Waals surface area contributed by atoms with Crippen LogP contribution in [0, 0.1) is 0 Å². The number of furan rings is 1. The molecule has 2 aromatic heterocycles. The van der Waals surface area contributed by atoms with Crippen molar-refractivity contribution < 1.29 is 13.9 Å². The van der Waals surface area contributed by atoms with Crippen LogP contribution in [0.4, 0.5) is 0 Å². The molecule has 0 aromatic carbocycles. The minimum atomic E-state index is -0.323. The van der Waals surface area contributed by atoms with Crippen LogP contribution in [-0.4, -0.2) is 33.1 Å². The summed E-state index contributed by atoms with van der Waals surface area (Å²) >= 11 is 1.39. The Labute approximate surface area is 139 Å². The number of nitrogens with zero attached hydrogens (tertiary/aromatic N) is 3. The average Bonchev–Trinajstić information content (AvgIpc) is 3.24. The first kappa shape index (κ1) is 16.1. The fourth-order valence-corrected chi connectivity index (χ4v) is 3.92. The Bertz CT molecular complexity index is 648. The third-order valence-corrected chi connectivity index (χ3v) is 5.20. The highest BCUT2D eigenvalue weighted by molar-refractivity contribution is 8.00. The van der Waals surface area contributed by atoms with Crippen LogP contribution in [0.5, 0.6) is 0 Å². The Hall–Kier alpha value is -1.76. The topological polar surface area (TPSA) is 70.2 Å². The first-order valence-corrected chi connectivity index (χ1v) is 8.82. The molecule has 124 valence electrons. The van der Waals surface area contributed by atoms with E-state index in [1.165, 1.54) is 38.1 Å². The van der Waals surface area contributed by atoms with Gasteiger partial charge in [0.15, 0.2) is 10.9 Å².